The lowest BCUT2D eigenvalue weighted by molar-refractivity contribution is -0.346. The van der Waals surface area contributed by atoms with Crippen molar-refractivity contribution in [3.05, 3.63) is 12.2 Å². The van der Waals surface area contributed by atoms with Crippen molar-refractivity contribution in [1.82, 2.24) is 0 Å². The van der Waals surface area contributed by atoms with E-state index in [1.165, 1.54) is 7.11 Å². The van der Waals surface area contributed by atoms with Crippen LogP contribution in [0.15, 0.2) is 12.2 Å². The minimum absolute atomic E-state index is 0.0761. The van der Waals surface area contributed by atoms with Gasteiger partial charge in [0.1, 0.15) is 36.6 Å². The third kappa shape index (κ3) is 7.30. The van der Waals surface area contributed by atoms with Gasteiger partial charge < -0.3 is 69.6 Å². The van der Waals surface area contributed by atoms with E-state index in [-0.39, 0.29) is 55.3 Å². The van der Waals surface area contributed by atoms with Crippen molar-refractivity contribution in [3.63, 3.8) is 0 Å². The standard InChI is InChI=1S/C39H66O14/c1-18(20(3)15-50-35-33(31(47)26(44)16-51-35)53-36-32(49-6)30(46)25(43)17-52-36)7-8-19(2)21-13-23(41)34-37(21,4)12-10-27-38(5)11-9-22(40)29(45)28(38)24(42)14-39(27,34)48/h19-36,40-48H,1,7-17H2,2-6H3/t19-,20?,21-,22+,23-,24?,25-,26-,27-,28?,29+,30+,31+,32-,33-,34-,35-,36+,37-,38-,39+/m1/s1. The Hall–Kier alpha value is -0.820. The Labute approximate surface area is 313 Å². The summed E-state index contributed by atoms with van der Waals surface area (Å²) in [6.07, 6.45) is -8.46. The van der Waals surface area contributed by atoms with Gasteiger partial charge >= 0.3 is 0 Å². The average Bonchev–Trinajstić information content (AvgIpc) is 3.39. The Morgan fingerprint density at radius 3 is 2.08 bits per heavy atom. The molecule has 6 rings (SSSR count). The van der Waals surface area contributed by atoms with E-state index in [4.69, 9.17) is 23.7 Å². The van der Waals surface area contributed by atoms with Crippen molar-refractivity contribution in [2.24, 2.45) is 46.3 Å². The number of hydrogen-bond donors (Lipinski definition) is 9. The maximum absolute atomic E-state index is 12.6. The first-order valence-electron chi connectivity index (χ1n) is 19.8. The maximum atomic E-state index is 12.6. The summed E-state index contributed by atoms with van der Waals surface area (Å²) in [5, 5.41) is 98.5. The van der Waals surface area contributed by atoms with Gasteiger partial charge in [-0.1, -0.05) is 39.8 Å². The zero-order valence-electron chi connectivity index (χ0n) is 31.9. The van der Waals surface area contributed by atoms with E-state index in [1.807, 2.05) is 13.8 Å². The van der Waals surface area contributed by atoms with Crippen LogP contribution in [0.2, 0.25) is 0 Å². The maximum Gasteiger partial charge on any atom is 0.187 e. The molecule has 14 nitrogen and oxygen atoms in total. The number of hydrogen-bond acceptors (Lipinski definition) is 14. The van der Waals surface area contributed by atoms with E-state index < -0.39 is 96.5 Å². The second-order valence-electron chi connectivity index (χ2n) is 18.1. The summed E-state index contributed by atoms with van der Waals surface area (Å²) in [4.78, 5) is 0. The van der Waals surface area contributed by atoms with Gasteiger partial charge in [-0.3, -0.25) is 0 Å². The van der Waals surface area contributed by atoms with Crippen molar-refractivity contribution in [2.75, 3.05) is 26.9 Å². The van der Waals surface area contributed by atoms with E-state index in [0.29, 0.717) is 25.7 Å². The van der Waals surface area contributed by atoms with Gasteiger partial charge in [0.15, 0.2) is 12.6 Å². The molecule has 14 heteroatoms. The number of methoxy groups -OCH3 is 1. The highest BCUT2D eigenvalue weighted by Gasteiger charge is 2.71. The van der Waals surface area contributed by atoms with Gasteiger partial charge in [-0.2, -0.15) is 0 Å². The van der Waals surface area contributed by atoms with E-state index in [0.717, 1.165) is 24.8 Å². The molecule has 2 saturated heterocycles. The lowest BCUT2D eigenvalue weighted by Gasteiger charge is -2.66. The topological polar surface area (TPSA) is 228 Å². The smallest absolute Gasteiger partial charge is 0.187 e. The highest BCUT2D eigenvalue weighted by atomic mass is 16.8. The number of aliphatic hydroxyl groups is 9. The Kier molecular flexibility index (Phi) is 12.5. The molecule has 4 aliphatic carbocycles. The van der Waals surface area contributed by atoms with E-state index in [9.17, 15) is 46.0 Å². The molecule has 21 atom stereocenters. The second kappa shape index (κ2) is 15.8. The van der Waals surface area contributed by atoms with Crippen molar-refractivity contribution in [1.29, 1.82) is 0 Å². The fraction of sp³-hybridized carbons (Fsp3) is 0.949. The molecular weight excluding hydrogens is 692 g/mol. The van der Waals surface area contributed by atoms with Crippen molar-refractivity contribution >= 4 is 0 Å². The predicted octanol–water partition coefficient (Wildman–Crippen LogP) is 0.215. The molecule has 0 radical (unpaired) electrons. The molecule has 6 fully saturated rings. The molecule has 53 heavy (non-hydrogen) atoms. The fourth-order valence-corrected chi connectivity index (χ4v) is 12.1. The van der Waals surface area contributed by atoms with Crippen LogP contribution in [0.5, 0.6) is 0 Å². The van der Waals surface area contributed by atoms with Crippen LogP contribution in [0, 0.1) is 46.3 Å². The quantitative estimate of drug-likeness (QED) is 0.129. The molecule has 9 N–H and O–H groups in total. The summed E-state index contributed by atoms with van der Waals surface area (Å²) in [6.45, 7) is 12.6. The van der Waals surface area contributed by atoms with Gasteiger partial charge in [-0.05, 0) is 73.5 Å². The summed E-state index contributed by atoms with van der Waals surface area (Å²) in [7, 11) is 1.34. The van der Waals surface area contributed by atoms with Gasteiger partial charge in [0.05, 0.1) is 49.8 Å². The zero-order valence-corrected chi connectivity index (χ0v) is 31.9. The van der Waals surface area contributed by atoms with Crippen molar-refractivity contribution in [3.8, 4) is 0 Å². The van der Waals surface area contributed by atoms with Crippen LogP contribution in [0.1, 0.15) is 79.1 Å². The third-order valence-electron chi connectivity index (χ3n) is 15.0. The summed E-state index contributed by atoms with van der Waals surface area (Å²) < 4.78 is 28.6. The summed E-state index contributed by atoms with van der Waals surface area (Å²) in [6, 6.07) is 0. The molecule has 0 amide bonds. The van der Waals surface area contributed by atoms with Crippen LogP contribution >= 0.6 is 0 Å². The first kappa shape index (κ1) is 41.8. The number of ether oxygens (including phenoxy) is 5. The fourth-order valence-electron chi connectivity index (χ4n) is 12.1. The molecule has 2 aliphatic heterocycles. The number of aliphatic hydroxyl groups excluding tert-OH is 8. The summed E-state index contributed by atoms with van der Waals surface area (Å²) in [5.74, 6) is -0.926. The lowest BCUT2D eigenvalue weighted by Crippen LogP contribution is -2.70. The van der Waals surface area contributed by atoms with Gasteiger partial charge in [-0.15, -0.1) is 0 Å². The number of rotatable bonds is 11. The molecule has 306 valence electrons. The van der Waals surface area contributed by atoms with Gasteiger partial charge in [0, 0.05) is 31.3 Å². The summed E-state index contributed by atoms with van der Waals surface area (Å²) >= 11 is 0. The highest BCUT2D eigenvalue weighted by Crippen LogP contribution is 2.69. The van der Waals surface area contributed by atoms with Gasteiger partial charge in [-0.25, -0.2) is 0 Å². The highest BCUT2D eigenvalue weighted by molar-refractivity contribution is 5.21. The molecular formula is C39H66O14. The van der Waals surface area contributed by atoms with Crippen molar-refractivity contribution in [2.45, 2.75) is 158 Å². The molecule has 0 spiro atoms. The first-order valence-corrected chi connectivity index (χ1v) is 19.8. The first-order chi connectivity index (χ1) is 24.9. The molecule has 6 aliphatic rings. The zero-order chi connectivity index (χ0) is 38.8. The molecule has 3 unspecified atom stereocenters. The van der Waals surface area contributed by atoms with Gasteiger partial charge in [0.2, 0.25) is 0 Å². The predicted molar refractivity (Wildman–Crippen MR) is 189 cm³/mol. The average molecular weight is 759 g/mol. The van der Waals surface area contributed by atoms with Crippen LogP contribution in [0.4, 0.5) is 0 Å². The van der Waals surface area contributed by atoms with Gasteiger partial charge in [0.25, 0.3) is 0 Å². The molecule has 0 bridgehead atoms. The minimum Gasteiger partial charge on any atom is -0.393 e. The van der Waals surface area contributed by atoms with E-state index in [2.05, 4.69) is 20.4 Å². The summed E-state index contributed by atoms with van der Waals surface area (Å²) in [5.41, 5.74) is -1.25. The van der Waals surface area contributed by atoms with Crippen molar-refractivity contribution < 1.29 is 69.6 Å². The van der Waals surface area contributed by atoms with E-state index >= 15 is 0 Å². The van der Waals surface area contributed by atoms with E-state index in [1.54, 1.807) is 0 Å². The third-order valence-corrected chi connectivity index (χ3v) is 15.0. The Morgan fingerprint density at radius 1 is 0.792 bits per heavy atom. The van der Waals surface area contributed by atoms with Crippen LogP contribution in [0.3, 0.4) is 0 Å². The lowest BCUT2D eigenvalue weighted by atomic mass is 9.41. The SMILES string of the molecule is C=C(CC[C@@H](C)[C@H]1C[C@@H](O)[C@@H]2[C@]1(C)CC[C@H]1[C@@]2(O)CC(O)C2[C@@H](O)[C@@H](O)CC[C@@]21C)C(C)CO[C@@H]1OC[C@@H](O)[C@H](O)[C@H]1O[C@@H]1OC[C@@H](O)[C@H](O)[C@H]1OC. The Morgan fingerprint density at radius 2 is 1.42 bits per heavy atom. The van der Waals surface area contributed by atoms with Crippen LogP contribution in [-0.2, 0) is 23.7 Å². The van der Waals surface area contributed by atoms with Crippen LogP contribution < -0.4 is 0 Å². The van der Waals surface area contributed by atoms with Crippen LogP contribution in [0.25, 0.3) is 0 Å². The van der Waals surface area contributed by atoms with Crippen LogP contribution in [-0.4, -0.2) is 152 Å². The molecule has 2 heterocycles. The largest absolute Gasteiger partial charge is 0.393 e. The molecule has 0 aromatic rings. The Bertz CT molecular complexity index is 1270. The molecule has 0 aromatic carbocycles. The molecule has 0 aromatic heterocycles. The minimum atomic E-state index is -1.37. The molecule has 4 saturated carbocycles. The number of fused-ring (bicyclic) bond motifs is 5. The second-order valence-corrected chi connectivity index (χ2v) is 18.1. The Balaban J connectivity index is 1.05. The normalized spacial score (nSPS) is 52.6. The monoisotopic (exact) mass is 758 g/mol.